The smallest absolute Gasteiger partial charge is 0.448 e. The molecular weight excluding hydrogens is 194 g/mol. The fraction of sp³-hybridized carbons (Fsp3) is 0.429. The second-order valence-corrected chi connectivity index (χ2v) is 2.89. The Morgan fingerprint density at radius 2 is 2.60 bits per heavy atom. The van der Waals surface area contributed by atoms with E-state index in [9.17, 15) is 0 Å². The average Bonchev–Trinajstić information content (AvgIpc) is 2.38. The minimum absolute atomic E-state index is 0. The normalized spacial score (nSPS) is 9.80. The molecule has 1 heterocycles. The van der Waals surface area contributed by atoms with Crippen molar-refractivity contribution in [3.8, 4) is 0 Å². The first-order valence-electron chi connectivity index (χ1n) is 3.31. The Morgan fingerprint density at radius 3 is 3.10 bits per heavy atom. The number of anilines is 1. The van der Waals surface area contributed by atoms with Crippen LogP contribution >= 0.6 is 16.1 Å². The number of furan rings is 1. The SMILES string of the molecule is CCCN(Br)c1ccco1.[H+]. The third-order valence-electron chi connectivity index (χ3n) is 1.17. The van der Waals surface area contributed by atoms with Crippen molar-refractivity contribution in [1.82, 2.24) is 0 Å². The number of halogens is 1. The molecule has 0 bridgehead atoms. The monoisotopic (exact) mass is 204 g/mol. The summed E-state index contributed by atoms with van der Waals surface area (Å²) < 4.78 is 7.04. The molecular formula is C7H11BrNO+. The van der Waals surface area contributed by atoms with Gasteiger partial charge in [0.1, 0.15) is 0 Å². The van der Waals surface area contributed by atoms with E-state index in [1.807, 2.05) is 16.1 Å². The van der Waals surface area contributed by atoms with Crippen molar-refractivity contribution >= 4 is 22.0 Å². The molecule has 0 aliphatic heterocycles. The summed E-state index contributed by atoms with van der Waals surface area (Å²) in [6, 6.07) is 3.80. The number of hydrogen-bond acceptors (Lipinski definition) is 2. The molecule has 0 N–H and O–H groups in total. The molecule has 0 spiro atoms. The Kier molecular flexibility index (Phi) is 2.81. The van der Waals surface area contributed by atoms with Gasteiger partial charge in [-0.3, -0.25) is 3.93 Å². The van der Waals surface area contributed by atoms with Crippen molar-refractivity contribution < 1.29 is 5.84 Å². The molecule has 1 rings (SSSR count). The van der Waals surface area contributed by atoms with Crippen LogP contribution in [0.5, 0.6) is 0 Å². The van der Waals surface area contributed by atoms with Gasteiger partial charge in [0.2, 0.25) is 5.88 Å². The van der Waals surface area contributed by atoms with Gasteiger partial charge in [-0.05, 0) is 12.5 Å². The van der Waals surface area contributed by atoms with Gasteiger partial charge in [0.05, 0.1) is 22.4 Å². The zero-order valence-corrected chi connectivity index (χ0v) is 7.47. The lowest BCUT2D eigenvalue weighted by atomic mass is 10.5. The van der Waals surface area contributed by atoms with Crippen LogP contribution in [-0.4, -0.2) is 6.54 Å². The second kappa shape index (κ2) is 3.66. The predicted molar refractivity (Wildman–Crippen MR) is 46.4 cm³/mol. The molecule has 0 unspecified atom stereocenters. The fourth-order valence-electron chi connectivity index (χ4n) is 0.714. The largest absolute Gasteiger partial charge is 1.00 e. The van der Waals surface area contributed by atoms with E-state index >= 15 is 0 Å². The minimum Gasteiger partial charge on any atom is -0.448 e. The molecule has 0 fully saturated rings. The van der Waals surface area contributed by atoms with Crippen molar-refractivity contribution in [3.63, 3.8) is 0 Å². The maximum atomic E-state index is 5.13. The molecule has 0 atom stereocenters. The zero-order chi connectivity index (χ0) is 7.40. The Labute approximate surface area is 70.6 Å². The number of rotatable bonds is 3. The molecule has 0 aromatic carbocycles. The van der Waals surface area contributed by atoms with E-state index in [0.29, 0.717) is 0 Å². The summed E-state index contributed by atoms with van der Waals surface area (Å²) >= 11 is 3.36. The molecule has 0 saturated carbocycles. The molecule has 56 valence electrons. The van der Waals surface area contributed by atoms with Gasteiger partial charge < -0.3 is 4.42 Å². The molecule has 1 aromatic heterocycles. The molecule has 0 saturated heterocycles. The topological polar surface area (TPSA) is 16.4 Å². The second-order valence-electron chi connectivity index (χ2n) is 2.04. The molecule has 10 heavy (non-hydrogen) atoms. The van der Waals surface area contributed by atoms with Crippen LogP contribution in [0.1, 0.15) is 14.8 Å². The Bertz CT molecular complexity index is 179. The summed E-state index contributed by atoms with van der Waals surface area (Å²) in [5.74, 6) is 0.863. The fourth-order valence-corrected chi connectivity index (χ4v) is 1.27. The van der Waals surface area contributed by atoms with E-state index in [1.54, 1.807) is 6.26 Å². The molecule has 0 amide bonds. The van der Waals surface area contributed by atoms with Crippen LogP contribution in [0.4, 0.5) is 5.88 Å². The van der Waals surface area contributed by atoms with Crippen molar-refractivity contribution in [2.24, 2.45) is 0 Å². The van der Waals surface area contributed by atoms with E-state index in [2.05, 4.69) is 23.1 Å². The summed E-state index contributed by atoms with van der Waals surface area (Å²) in [4.78, 5) is 0. The highest BCUT2D eigenvalue weighted by Gasteiger charge is 2.01. The average molecular weight is 205 g/mol. The molecule has 0 aliphatic carbocycles. The Balaban J connectivity index is 0.000001000. The number of nitrogens with zero attached hydrogens (tertiary/aromatic N) is 1. The quantitative estimate of drug-likeness (QED) is 0.705. The molecule has 0 radical (unpaired) electrons. The van der Waals surface area contributed by atoms with Gasteiger partial charge >= 0.3 is 1.43 Å². The van der Waals surface area contributed by atoms with Crippen LogP contribution in [-0.2, 0) is 0 Å². The summed E-state index contributed by atoms with van der Waals surface area (Å²) in [5.41, 5.74) is 0. The van der Waals surface area contributed by atoms with Crippen LogP contribution in [0.3, 0.4) is 0 Å². The summed E-state index contributed by atoms with van der Waals surface area (Å²) in [6.45, 7) is 3.09. The van der Waals surface area contributed by atoms with E-state index in [0.717, 1.165) is 18.8 Å². The summed E-state index contributed by atoms with van der Waals surface area (Å²) in [6.07, 6.45) is 2.77. The van der Waals surface area contributed by atoms with E-state index in [1.165, 1.54) is 0 Å². The Hall–Kier alpha value is -0.440. The highest BCUT2D eigenvalue weighted by Crippen LogP contribution is 2.17. The molecule has 1 aromatic rings. The van der Waals surface area contributed by atoms with Crippen LogP contribution in [0.15, 0.2) is 22.8 Å². The van der Waals surface area contributed by atoms with Gasteiger partial charge in [0, 0.05) is 12.6 Å². The van der Waals surface area contributed by atoms with Crippen LogP contribution in [0, 0.1) is 0 Å². The van der Waals surface area contributed by atoms with Crippen molar-refractivity contribution in [2.75, 3.05) is 10.5 Å². The lowest BCUT2D eigenvalue weighted by Crippen LogP contribution is -2.08. The van der Waals surface area contributed by atoms with Gasteiger partial charge in [0.15, 0.2) is 0 Å². The van der Waals surface area contributed by atoms with Gasteiger partial charge in [0.25, 0.3) is 0 Å². The summed E-state index contributed by atoms with van der Waals surface area (Å²) in [7, 11) is 0. The predicted octanol–water partition coefficient (Wildman–Crippen LogP) is 2.92. The molecule has 0 aliphatic rings. The first-order chi connectivity index (χ1) is 4.84. The van der Waals surface area contributed by atoms with E-state index in [-0.39, 0.29) is 1.43 Å². The van der Waals surface area contributed by atoms with Crippen molar-refractivity contribution in [3.05, 3.63) is 18.4 Å². The van der Waals surface area contributed by atoms with Gasteiger partial charge in [-0.1, -0.05) is 6.92 Å². The minimum atomic E-state index is 0. The van der Waals surface area contributed by atoms with Gasteiger partial charge in [-0.2, -0.15) is 0 Å². The highest BCUT2D eigenvalue weighted by atomic mass is 79.9. The maximum absolute atomic E-state index is 5.13. The van der Waals surface area contributed by atoms with Crippen LogP contribution in [0.25, 0.3) is 0 Å². The number of hydrogen-bond donors (Lipinski definition) is 0. The molecule has 2 nitrogen and oxygen atoms in total. The highest BCUT2D eigenvalue weighted by molar-refractivity contribution is 9.10. The third kappa shape index (κ3) is 1.77. The van der Waals surface area contributed by atoms with Gasteiger partial charge in [-0.25, -0.2) is 0 Å². The maximum Gasteiger partial charge on any atom is 1.00 e. The van der Waals surface area contributed by atoms with Gasteiger partial charge in [-0.15, -0.1) is 0 Å². The van der Waals surface area contributed by atoms with Crippen LogP contribution in [0.2, 0.25) is 0 Å². The molecule has 3 heteroatoms. The third-order valence-corrected chi connectivity index (χ3v) is 1.87. The first kappa shape index (κ1) is 7.66. The lowest BCUT2D eigenvalue weighted by molar-refractivity contribution is 0.570. The zero-order valence-electron chi connectivity index (χ0n) is 6.88. The summed E-state index contributed by atoms with van der Waals surface area (Å²) in [5, 5.41) is 0. The van der Waals surface area contributed by atoms with Crippen molar-refractivity contribution in [1.29, 1.82) is 0 Å². The van der Waals surface area contributed by atoms with E-state index in [4.69, 9.17) is 4.42 Å². The lowest BCUT2D eigenvalue weighted by Gasteiger charge is -2.09. The standard InChI is InChI=1S/C7H10BrNO/c1-2-5-9(8)7-4-3-6-10-7/h3-4,6H,2,5H2,1H3/p+1. The van der Waals surface area contributed by atoms with Crippen LogP contribution < -0.4 is 3.93 Å². The Morgan fingerprint density at radius 1 is 1.80 bits per heavy atom. The first-order valence-corrected chi connectivity index (χ1v) is 4.02. The van der Waals surface area contributed by atoms with Crippen molar-refractivity contribution in [2.45, 2.75) is 13.3 Å². The van der Waals surface area contributed by atoms with E-state index < -0.39 is 0 Å².